The highest BCUT2D eigenvalue weighted by molar-refractivity contribution is 6.32. The quantitative estimate of drug-likeness (QED) is 0.276. The summed E-state index contributed by atoms with van der Waals surface area (Å²) >= 11 is 11.3. The normalized spacial score (nSPS) is 11.4. The van der Waals surface area contributed by atoms with E-state index in [0.717, 1.165) is 0 Å². The molecule has 0 saturated heterocycles. The third-order valence-corrected chi connectivity index (χ3v) is 2.69. The molecular formula is C13H12Cl2O4. The van der Waals surface area contributed by atoms with E-state index in [9.17, 15) is 9.59 Å². The number of aliphatic carboxylic acids is 1. The van der Waals surface area contributed by atoms with Crippen molar-refractivity contribution in [3.63, 3.8) is 0 Å². The zero-order valence-electron chi connectivity index (χ0n) is 9.94. The van der Waals surface area contributed by atoms with Crippen molar-refractivity contribution >= 4 is 41.0 Å². The average molecular weight is 303 g/mol. The molecule has 102 valence electrons. The lowest BCUT2D eigenvalue weighted by molar-refractivity contribution is -0.135. The van der Waals surface area contributed by atoms with Crippen molar-refractivity contribution in [2.24, 2.45) is 0 Å². The lowest BCUT2D eigenvalue weighted by Crippen LogP contribution is -2.18. The van der Waals surface area contributed by atoms with Gasteiger partial charge in [-0.15, -0.1) is 11.6 Å². The summed E-state index contributed by atoms with van der Waals surface area (Å²) in [6.07, 6.45) is 1.23. The van der Waals surface area contributed by atoms with Crippen LogP contribution in [0.4, 0.5) is 0 Å². The Bertz CT molecular complexity index is 497. The maximum absolute atomic E-state index is 11.7. The monoisotopic (exact) mass is 302 g/mol. The summed E-state index contributed by atoms with van der Waals surface area (Å²) in [7, 11) is 0. The van der Waals surface area contributed by atoms with E-state index in [4.69, 9.17) is 33.0 Å². The van der Waals surface area contributed by atoms with Crippen LogP contribution in [0.1, 0.15) is 5.56 Å². The Morgan fingerprint density at radius 3 is 2.58 bits per heavy atom. The van der Waals surface area contributed by atoms with Crippen molar-refractivity contribution in [3.05, 3.63) is 40.4 Å². The van der Waals surface area contributed by atoms with Gasteiger partial charge in [0, 0.05) is 10.9 Å². The van der Waals surface area contributed by atoms with Crippen molar-refractivity contribution in [3.8, 4) is 0 Å². The van der Waals surface area contributed by atoms with E-state index in [2.05, 4.69) is 0 Å². The fourth-order valence-corrected chi connectivity index (χ4v) is 1.61. The molecule has 0 aliphatic heterocycles. The Hall–Kier alpha value is -1.36. The number of hydrogen-bond donors (Lipinski definition) is 1. The van der Waals surface area contributed by atoms with E-state index in [1.54, 1.807) is 24.3 Å². The largest absolute Gasteiger partial charge is 0.478 e. The molecule has 1 aromatic rings. The molecule has 6 heteroatoms. The molecule has 19 heavy (non-hydrogen) atoms. The second kappa shape index (κ2) is 7.94. The summed E-state index contributed by atoms with van der Waals surface area (Å²) in [6.45, 7) is -0.137. The molecule has 0 bridgehead atoms. The maximum atomic E-state index is 11.7. The van der Waals surface area contributed by atoms with Crippen molar-refractivity contribution in [2.45, 2.75) is 0 Å². The lowest BCUT2D eigenvalue weighted by Gasteiger charge is -2.04. The molecular weight excluding hydrogens is 291 g/mol. The first-order chi connectivity index (χ1) is 9.06. The highest BCUT2D eigenvalue weighted by Gasteiger charge is 2.17. The Kier molecular flexibility index (Phi) is 6.56. The number of carboxylic acids is 1. The van der Waals surface area contributed by atoms with E-state index in [1.165, 1.54) is 6.08 Å². The van der Waals surface area contributed by atoms with Gasteiger partial charge in [-0.05, 0) is 17.7 Å². The van der Waals surface area contributed by atoms with E-state index in [0.29, 0.717) is 10.6 Å². The molecule has 0 aliphatic carbocycles. The van der Waals surface area contributed by atoms with Crippen LogP contribution in [0.2, 0.25) is 5.02 Å². The van der Waals surface area contributed by atoms with Gasteiger partial charge in [0.15, 0.2) is 5.78 Å². The minimum Gasteiger partial charge on any atom is -0.478 e. The van der Waals surface area contributed by atoms with Gasteiger partial charge >= 0.3 is 5.97 Å². The zero-order chi connectivity index (χ0) is 14.3. The van der Waals surface area contributed by atoms with Crippen LogP contribution in [0.5, 0.6) is 0 Å². The fraction of sp³-hybridized carbons (Fsp3) is 0.231. The molecule has 0 radical (unpaired) electrons. The third kappa shape index (κ3) is 5.03. The lowest BCUT2D eigenvalue weighted by atomic mass is 10.1. The summed E-state index contributed by atoms with van der Waals surface area (Å²) < 4.78 is 4.93. The molecule has 0 spiro atoms. The first kappa shape index (κ1) is 15.7. The maximum Gasteiger partial charge on any atom is 0.339 e. The van der Waals surface area contributed by atoms with E-state index >= 15 is 0 Å². The zero-order valence-corrected chi connectivity index (χ0v) is 11.4. The van der Waals surface area contributed by atoms with Crippen molar-refractivity contribution < 1.29 is 19.4 Å². The number of carboxylic acid groups (broad SMARTS) is 1. The SMILES string of the molecule is O=C(O)C(=Cc1ccccc1Cl)C(=O)COCCCl. The van der Waals surface area contributed by atoms with Gasteiger partial charge in [-0.1, -0.05) is 29.8 Å². The number of Topliss-reactive ketones (excluding diaryl/α,β-unsaturated/α-hetero) is 1. The number of rotatable bonds is 7. The topological polar surface area (TPSA) is 63.6 Å². The standard InChI is InChI=1S/C13H12Cl2O4/c14-5-6-19-8-12(16)10(13(17)18)7-9-3-1-2-4-11(9)15/h1-4,7H,5-6,8H2,(H,17,18). The van der Waals surface area contributed by atoms with Crippen LogP contribution in [0.15, 0.2) is 29.8 Å². The summed E-state index contributed by atoms with van der Waals surface area (Å²) in [6, 6.07) is 6.65. The molecule has 0 amide bonds. The Morgan fingerprint density at radius 1 is 1.32 bits per heavy atom. The molecule has 1 rings (SSSR count). The second-order valence-electron chi connectivity index (χ2n) is 3.55. The van der Waals surface area contributed by atoms with Crippen LogP contribution in [-0.2, 0) is 14.3 Å². The number of ether oxygens (including phenoxy) is 1. The fourth-order valence-electron chi connectivity index (χ4n) is 1.31. The van der Waals surface area contributed by atoms with Gasteiger partial charge in [0.25, 0.3) is 0 Å². The smallest absolute Gasteiger partial charge is 0.339 e. The van der Waals surface area contributed by atoms with Crippen LogP contribution < -0.4 is 0 Å². The minimum absolute atomic E-state index is 0.187. The van der Waals surface area contributed by atoms with Crippen LogP contribution >= 0.6 is 23.2 Å². The van der Waals surface area contributed by atoms with Crippen LogP contribution in [-0.4, -0.2) is 36.0 Å². The van der Waals surface area contributed by atoms with Crippen LogP contribution in [0.3, 0.4) is 0 Å². The van der Waals surface area contributed by atoms with E-state index in [-0.39, 0.29) is 24.7 Å². The molecule has 0 heterocycles. The van der Waals surface area contributed by atoms with Crippen molar-refractivity contribution in [1.29, 1.82) is 0 Å². The molecule has 0 saturated carbocycles. The molecule has 0 aromatic heterocycles. The number of alkyl halides is 1. The van der Waals surface area contributed by atoms with E-state index in [1.807, 2.05) is 0 Å². The number of hydrogen-bond acceptors (Lipinski definition) is 3. The first-order valence-electron chi connectivity index (χ1n) is 5.42. The third-order valence-electron chi connectivity index (χ3n) is 2.19. The summed E-state index contributed by atoms with van der Waals surface area (Å²) in [5.74, 6) is -1.71. The van der Waals surface area contributed by atoms with Gasteiger partial charge in [-0.25, -0.2) is 4.79 Å². The van der Waals surface area contributed by atoms with Crippen LogP contribution in [0, 0.1) is 0 Å². The van der Waals surface area contributed by atoms with Crippen LogP contribution in [0.25, 0.3) is 6.08 Å². The summed E-state index contributed by atoms with van der Waals surface area (Å²) in [5, 5.41) is 9.41. The molecule has 0 atom stereocenters. The molecule has 4 nitrogen and oxygen atoms in total. The predicted octanol–water partition coefficient (Wildman–Crippen LogP) is 2.63. The molecule has 1 aromatic carbocycles. The molecule has 0 unspecified atom stereocenters. The highest BCUT2D eigenvalue weighted by atomic mass is 35.5. The Labute approximate surface area is 120 Å². The molecule has 0 fully saturated rings. The van der Waals surface area contributed by atoms with E-state index < -0.39 is 11.8 Å². The molecule has 0 aliphatic rings. The number of carbonyl (C=O) groups excluding carboxylic acids is 1. The van der Waals surface area contributed by atoms with Gasteiger partial charge in [0.05, 0.1) is 6.61 Å². The number of carbonyl (C=O) groups is 2. The average Bonchev–Trinajstić information content (AvgIpc) is 2.37. The van der Waals surface area contributed by atoms with Crippen molar-refractivity contribution in [1.82, 2.24) is 0 Å². The first-order valence-corrected chi connectivity index (χ1v) is 6.34. The van der Waals surface area contributed by atoms with Gasteiger partial charge in [-0.2, -0.15) is 0 Å². The summed E-state index contributed by atoms with van der Waals surface area (Å²) in [5.41, 5.74) is 0.0925. The number of benzene rings is 1. The minimum atomic E-state index is -1.32. The Balaban J connectivity index is 2.92. The predicted molar refractivity (Wildman–Crippen MR) is 73.6 cm³/mol. The number of halogens is 2. The Morgan fingerprint density at radius 2 is 2.00 bits per heavy atom. The molecule has 1 N–H and O–H groups in total. The second-order valence-corrected chi connectivity index (χ2v) is 4.33. The van der Waals surface area contributed by atoms with Gasteiger partial charge in [0.2, 0.25) is 0 Å². The number of ketones is 1. The van der Waals surface area contributed by atoms with Crippen molar-refractivity contribution in [2.75, 3.05) is 19.1 Å². The van der Waals surface area contributed by atoms with Gasteiger partial charge in [-0.3, -0.25) is 4.79 Å². The highest BCUT2D eigenvalue weighted by Crippen LogP contribution is 2.18. The van der Waals surface area contributed by atoms with Gasteiger partial charge in [0.1, 0.15) is 12.2 Å². The van der Waals surface area contributed by atoms with Gasteiger partial charge < -0.3 is 9.84 Å². The summed E-state index contributed by atoms with van der Waals surface area (Å²) in [4.78, 5) is 22.8.